The average molecular weight is 464 g/mol. The Morgan fingerprint density at radius 1 is 1.00 bits per heavy atom. The highest BCUT2D eigenvalue weighted by molar-refractivity contribution is 7.90. The van der Waals surface area contributed by atoms with Crippen LogP contribution in [0.5, 0.6) is 5.75 Å². The van der Waals surface area contributed by atoms with Gasteiger partial charge in [-0.05, 0) is 55.5 Å². The molecule has 0 aliphatic rings. The number of ether oxygens (including phenoxy) is 1. The lowest BCUT2D eigenvalue weighted by molar-refractivity contribution is 0.0698. The summed E-state index contributed by atoms with van der Waals surface area (Å²) in [6.45, 7) is 1.74. The summed E-state index contributed by atoms with van der Waals surface area (Å²) >= 11 is 0. The van der Waals surface area contributed by atoms with Crippen LogP contribution >= 0.6 is 0 Å². The third kappa shape index (κ3) is 4.18. The Morgan fingerprint density at radius 3 is 2.52 bits per heavy atom. The van der Waals surface area contributed by atoms with Crippen LogP contribution in [0.15, 0.2) is 77.8 Å². The van der Waals surface area contributed by atoms with Crippen molar-refractivity contribution in [2.24, 2.45) is 0 Å². The van der Waals surface area contributed by atoms with Crippen LogP contribution in [-0.2, 0) is 10.0 Å². The van der Waals surface area contributed by atoms with Gasteiger partial charge in [-0.25, -0.2) is 17.2 Å². The van der Waals surface area contributed by atoms with Crippen molar-refractivity contribution in [1.82, 2.24) is 3.97 Å². The number of hydrogen-bond donors (Lipinski definition) is 2. The highest BCUT2D eigenvalue weighted by atomic mass is 32.2. The van der Waals surface area contributed by atoms with Crippen LogP contribution in [0.3, 0.4) is 0 Å². The van der Waals surface area contributed by atoms with Gasteiger partial charge in [0.05, 0.1) is 28.8 Å². The van der Waals surface area contributed by atoms with Crippen LogP contribution in [0, 0.1) is 6.92 Å². The number of anilines is 1. The number of benzene rings is 3. The van der Waals surface area contributed by atoms with Gasteiger partial charge in [0.2, 0.25) is 0 Å². The fourth-order valence-electron chi connectivity index (χ4n) is 3.47. The summed E-state index contributed by atoms with van der Waals surface area (Å²) in [6.07, 6.45) is 1.44. The minimum Gasteiger partial charge on any atom is -0.497 e. The molecule has 0 fully saturated rings. The molecule has 9 heteroatoms. The van der Waals surface area contributed by atoms with Crippen LogP contribution in [0.4, 0.5) is 5.69 Å². The van der Waals surface area contributed by atoms with Gasteiger partial charge >= 0.3 is 5.97 Å². The molecule has 168 valence electrons. The van der Waals surface area contributed by atoms with Crippen LogP contribution in [0.2, 0.25) is 0 Å². The minimum absolute atomic E-state index is 0.0557. The summed E-state index contributed by atoms with van der Waals surface area (Å²) in [7, 11) is -2.52. The first-order valence-corrected chi connectivity index (χ1v) is 11.3. The lowest BCUT2D eigenvalue weighted by Crippen LogP contribution is -2.17. The van der Waals surface area contributed by atoms with E-state index in [2.05, 4.69) is 5.32 Å². The van der Waals surface area contributed by atoms with Crippen molar-refractivity contribution in [3.05, 3.63) is 89.6 Å². The van der Waals surface area contributed by atoms with Gasteiger partial charge in [-0.3, -0.25) is 4.79 Å². The molecule has 4 aromatic rings. The van der Waals surface area contributed by atoms with Gasteiger partial charge in [0.1, 0.15) is 5.75 Å². The molecule has 0 radical (unpaired) electrons. The van der Waals surface area contributed by atoms with E-state index in [-0.39, 0.29) is 21.7 Å². The summed E-state index contributed by atoms with van der Waals surface area (Å²) in [5.41, 5.74) is 1.31. The van der Waals surface area contributed by atoms with Crippen molar-refractivity contribution in [3.63, 3.8) is 0 Å². The number of aryl methyl sites for hydroxylation is 1. The summed E-state index contributed by atoms with van der Waals surface area (Å²) in [5, 5.41) is 12.7. The monoisotopic (exact) mass is 464 g/mol. The molecule has 0 atom stereocenters. The zero-order chi connectivity index (χ0) is 23.8. The Bertz CT molecular complexity index is 1500. The maximum absolute atomic E-state index is 13.3. The molecule has 0 bridgehead atoms. The van der Waals surface area contributed by atoms with Crippen molar-refractivity contribution in [3.8, 4) is 5.75 Å². The third-order valence-electron chi connectivity index (χ3n) is 5.17. The Kier molecular flexibility index (Phi) is 5.65. The van der Waals surface area contributed by atoms with E-state index in [1.54, 1.807) is 37.3 Å². The Balaban J connectivity index is 1.70. The number of carbonyl (C=O) groups is 2. The lowest BCUT2D eigenvalue weighted by atomic mass is 10.1. The van der Waals surface area contributed by atoms with Crippen LogP contribution in [0.25, 0.3) is 10.9 Å². The van der Waals surface area contributed by atoms with Gasteiger partial charge in [0.15, 0.2) is 0 Å². The maximum Gasteiger partial charge on any atom is 0.337 e. The number of rotatable bonds is 6. The zero-order valence-electron chi connectivity index (χ0n) is 17.8. The Morgan fingerprint density at radius 2 is 1.79 bits per heavy atom. The second-order valence-electron chi connectivity index (χ2n) is 7.38. The molecule has 1 amide bonds. The van der Waals surface area contributed by atoms with Crippen molar-refractivity contribution < 1.29 is 27.9 Å². The highest BCUT2D eigenvalue weighted by Crippen LogP contribution is 2.26. The number of hydrogen-bond acceptors (Lipinski definition) is 5. The van der Waals surface area contributed by atoms with Crippen LogP contribution in [-0.4, -0.2) is 36.5 Å². The zero-order valence-corrected chi connectivity index (χ0v) is 18.6. The molecule has 0 unspecified atom stereocenters. The summed E-state index contributed by atoms with van der Waals surface area (Å²) in [6, 6.07) is 17.0. The molecule has 1 heterocycles. The number of amides is 1. The number of aromatic carboxylic acids is 1. The van der Waals surface area contributed by atoms with Crippen LogP contribution < -0.4 is 10.1 Å². The number of carbonyl (C=O) groups excluding carboxylic acids is 1. The first-order valence-electron chi connectivity index (χ1n) is 9.87. The van der Waals surface area contributed by atoms with E-state index in [1.165, 1.54) is 49.7 Å². The third-order valence-corrected chi connectivity index (χ3v) is 6.86. The van der Waals surface area contributed by atoms with E-state index in [4.69, 9.17) is 4.74 Å². The van der Waals surface area contributed by atoms with E-state index in [9.17, 15) is 23.1 Å². The fourth-order valence-corrected chi connectivity index (χ4v) is 4.86. The van der Waals surface area contributed by atoms with Crippen molar-refractivity contribution in [1.29, 1.82) is 0 Å². The normalized spacial score (nSPS) is 11.3. The average Bonchev–Trinajstić information content (AvgIpc) is 3.24. The standard InChI is InChI=1S/C24H20N2O6S/c1-15-6-9-21(20(12-15)24(28)29)25-23(27)17-4-3-5-19(13-17)33(30,31)26-11-10-16-7-8-18(32-2)14-22(16)26/h3-14H,1-2H3,(H,25,27)(H,28,29). The smallest absolute Gasteiger partial charge is 0.337 e. The number of nitrogens with zero attached hydrogens (tertiary/aromatic N) is 1. The second-order valence-corrected chi connectivity index (χ2v) is 9.19. The Labute approximate surface area is 190 Å². The number of aromatic nitrogens is 1. The van der Waals surface area contributed by atoms with Crippen molar-refractivity contribution in [2.75, 3.05) is 12.4 Å². The van der Waals surface area contributed by atoms with E-state index in [1.807, 2.05) is 0 Å². The first-order chi connectivity index (χ1) is 15.7. The molecule has 0 aliphatic carbocycles. The Hall–Kier alpha value is -4.11. The van der Waals surface area contributed by atoms with Gasteiger partial charge < -0.3 is 15.2 Å². The molecule has 0 aliphatic heterocycles. The van der Waals surface area contributed by atoms with Gasteiger partial charge in [0, 0.05) is 23.2 Å². The molecule has 2 N–H and O–H groups in total. The number of fused-ring (bicyclic) bond motifs is 1. The largest absolute Gasteiger partial charge is 0.497 e. The second kappa shape index (κ2) is 8.44. The topological polar surface area (TPSA) is 115 Å². The summed E-state index contributed by atoms with van der Waals surface area (Å²) in [4.78, 5) is 24.2. The molecular formula is C24H20N2O6S. The lowest BCUT2D eigenvalue weighted by Gasteiger charge is -2.12. The van der Waals surface area contributed by atoms with Gasteiger partial charge in [-0.15, -0.1) is 0 Å². The molecular weight excluding hydrogens is 444 g/mol. The van der Waals surface area contributed by atoms with Crippen LogP contribution in [0.1, 0.15) is 26.3 Å². The number of methoxy groups -OCH3 is 1. The first kappa shape index (κ1) is 22.1. The predicted molar refractivity (Wildman–Crippen MR) is 124 cm³/mol. The fraction of sp³-hybridized carbons (Fsp3) is 0.0833. The molecule has 0 saturated carbocycles. The highest BCUT2D eigenvalue weighted by Gasteiger charge is 2.21. The van der Waals surface area contributed by atoms with Gasteiger partial charge in [0.25, 0.3) is 15.9 Å². The molecule has 4 rings (SSSR count). The molecule has 3 aromatic carbocycles. The molecule has 0 saturated heterocycles. The summed E-state index contributed by atoms with van der Waals surface area (Å²) in [5.74, 6) is -1.30. The number of carboxylic acid groups (broad SMARTS) is 1. The molecule has 1 aromatic heterocycles. The molecule has 33 heavy (non-hydrogen) atoms. The van der Waals surface area contributed by atoms with Gasteiger partial charge in [-0.2, -0.15) is 0 Å². The number of nitrogens with one attached hydrogen (secondary N) is 1. The molecule has 8 nitrogen and oxygen atoms in total. The van der Waals surface area contributed by atoms with E-state index in [0.29, 0.717) is 16.7 Å². The van der Waals surface area contributed by atoms with Crippen molar-refractivity contribution in [2.45, 2.75) is 11.8 Å². The van der Waals surface area contributed by atoms with E-state index < -0.39 is 21.9 Å². The van der Waals surface area contributed by atoms with Gasteiger partial charge in [-0.1, -0.05) is 17.7 Å². The minimum atomic E-state index is -4.02. The predicted octanol–water partition coefficient (Wildman–Crippen LogP) is 4.15. The van der Waals surface area contributed by atoms with E-state index in [0.717, 1.165) is 9.54 Å². The maximum atomic E-state index is 13.3. The SMILES string of the molecule is COc1ccc2ccn(S(=O)(=O)c3cccc(C(=O)Nc4ccc(C)cc4C(=O)O)c3)c2c1. The summed E-state index contributed by atoms with van der Waals surface area (Å²) < 4.78 is 33.0. The van der Waals surface area contributed by atoms with E-state index >= 15 is 0 Å². The quantitative estimate of drug-likeness (QED) is 0.443. The molecule has 0 spiro atoms. The number of carboxylic acids is 1. The van der Waals surface area contributed by atoms with Crippen molar-refractivity contribution >= 4 is 38.5 Å².